The van der Waals surface area contributed by atoms with Gasteiger partial charge in [0, 0.05) is 40.5 Å². The monoisotopic (exact) mass is 617 g/mol. The molecule has 2 nitrogen and oxygen atoms in total. The first-order valence-corrected chi connectivity index (χ1v) is 18.3. The first kappa shape index (κ1) is 27.5. The first-order valence-electron chi connectivity index (χ1n) is 16.3. The number of hydrogen-bond donors (Lipinski definition) is 0. The van der Waals surface area contributed by atoms with Crippen molar-refractivity contribution in [3.8, 4) is 5.69 Å². The molecule has 1 unspecified atom stereocenters. The number of para-hydroxylation sites is 1. The van der Waals surface area contributed by atoms with Crippen LogP contribution in [0, 0.1) is 0 Å². The van der Waals surface area contributed by atoms with Crippen molar-refractivity contribution in [2.45, 2.75) is 6.04 Å². The third kappa shape index (κ3) is 4.28. The molecule has 1 aliphatic rings. The van der Waals surface area contributed by atoms with E-state index in [1.807, 2.05) is 0 Å². The van der Waals surface area contributed by atoms with Gasteiger partial charge in [0.05, 0.1) is 5.52 Å². The lowest BCUT2D eigenvalue weighted by Gasteiger charge is -2.34. The van der Waals surface area contributed by atoms with E-state index in [1.54, 1.807) is 0 Å². The molecule has 1 atom stereocenters. The third-order valence-electron chi connectivity index (χ3n) is 9.92. The second kappa shape index (κ2) is 11.2. The Labute approximate surface area is 276 Å². The minimum atomic E-state index is -2.70. The van der Waals surface area contributed by atoms with Crippen LogP contribution >= 0.6 is 0 Å². The fourth-order valence-electron chi connectivity index (χ4n) is 7.92. The number of rotatable bonds is 6. The fourth-order valence-corrected chi connectivity index (χ4v) is 12.7. The maximum Gasteiger partial charge on any atom is 0.203 e. The third-order valence-corrected chi connectivity index (χ3v) is 14.7. The summed E-state index contributed by atoms with van der Waals surface area (Å²) in [4.78, 5) is 0. The lowest BCUT2D eigenvalue weighted by atomic mass is 9.94. The van der Waals surface area contributed by atoms with Gasteiger partial charge >= 0.3 is 0 Å². The highest BCUT2D eigenvalue weighted by Gasteiger charge is 2.42. The van der Waals surface area contributed by atoms with Crippen LogP contribution in [0.3, 0.4) is 0 Å². The number of benzene rings is 6. The first-order chi connectivity index (χ1) is 23.3. The van der Waals surface area contributed by atoms with Crippen LogP contribution in [0.5, 0.6) is 0 Å². The molecule has 0 N–H and O–H groups in total. The number of allylic oxidation sites excluding steroid dienone is 1. The molecular formula is C44H33N2Si+. The van der Waals surface area contributed by atoms with Gasteiger partial charge in [-0.3, -0.25) is 0 Å². The van der Waals surface area contributed by atoms with E-state index in [1.165, 1.54) is 59.2 Å². The predicted octanol–water partition coefficient (Wildman–Crippen LogP) is 7.06. The van der Waals surface area contributed by atoms with Crippen LogP contribution in [-0.4, -0.2) is 12.6 Å². The van der Waals surface area contributed by atoms with Gasteiger partial charge in [-0.2, -0.15) is 4.57 Å². The highest BCUT2D eigenvalue weighted by molar-refractivity contribution is 7.20. The Morgan fingerprint density at radius 1 is 0.489 bits per heavy atom. The van der Waals surface area contributed by atoms with E-state index >= 15 is 0 Å². The van der Waals surface area contributed by atoms with Crippen molar-refractivity contribution in [3.63, 3.8) is 0 Å². The van der Waals surface area contributed by atoms with E-state index in [0.29, 0.717) is 0 Å². The van der Waals surface area contributed by atoms with Gasteiger partial charge in [0.25, 0.3) is 0 Å². The van der Waals surface area contributed by atoms with E-state index in [4.69, 9.17) is 0 Å². The maximum atomic E-state index is 2.54. The summed E-state index contributed by atoms with van der Waals surface area (Å²) in [7, 11) is -2.70. The summed E-state index contributed by atoms with van der Waals surface area (Å²) >= 11 is 0. The Kier molecular flexibility index (Phi) is 6.58. The normalized spacial score (nSPS) is 14.1. The van der Waals surface area contributed by atoms with Gasteiger partial charge in [-0.05, 0) is 61.9 Å². The second-order valence-electron chi connectivity index (χ2n) is 12.3. The summed E-state index contributed by atoms with van der Waals surface area (Å²) in [5, 5.41) is 9.43. The molecule has 0 bridgehead atoms. The SMILES string of the molecule is C1=CC([n+]2ccccc2)c2c1c1c(ccn1-c1ccccc1)c1cc([Si](c3ccccc3)(c3ccccc3)c3ccccc3)ccc21. The predicted molar refractivity (Wildman–Crippen MR) is 198 cm³/mol. The van der Waals surface area contributed by atoms with Crippen LogP contribution in [0.2, 0.25) is 0 Å². The number of pyridine rings is 1. The Balaban J connectivity index is 1.41. The minimum absolute atomic E-state index is 0.113. The van der Waals surface area contributed by atoms with Gasteiger partial charge in [0.1, 0.15) is 0 Å². The zero-order valence-corrected chi connectivity index (χ0v) is 26.9. The van der Waals surface area contributed by atoms with Crippen LogP contribution in [0.4, 0.5) is 0 Å². The molecule has 3 heteroatoms. The highest BCUT2D eigenvalue weighted by Crippen LogP contribution is 2.42. The largest absolute Gasteiger partial charge is 0.316 e. The van der Waals surface area contributed by atoms with E-state index in [2.05, 4.69) is 204 Å². The number of aromatic nitrogens is 2. The summed E-state index contributed by atoms with van der Waals surface area (Å²) in [6.45, 7) is 0. The Hall–Kier alpha value is -5.77. The van der Waals surface area contributed by atoms with Crippen molar-refractivity contribution in [2.24, 2.45) is 0 Å². The molecule has 2 aromatic heterocycles. The molecule has 2 heterocycles. The molecule has 6 aromatic carbocycles. The van der Waals surface area contributed by atoms with Gasteiger partial charge in [0.2, 0.25) is 6.04 Å². The highest BCUT2D eigenvalue weighted by atomic mass is 28.3. The molecule has 222 valence electrons. The lowest BCUT2D eigenvalue weighted by molar-refractivity contribution is -0.702. The standard InChI is InChI=1S/C44H33N2Si/c1-6-16-33(17-7-1)46-31-28-39-41-32-37(24-25-38(41)43-40(44(39)46)26-27-42(43)45-29-14-5-15-30-45)47(34-18-8-2-9-19-34,35-20-10-3-11-21-35)36-22-12-4-13-23-36/h1-32,42H/q+1. The van der Waals surface area contributed by atoms with E-state index < -0.39 is 8.07 Å². The molecular weight excluding hydrogens is 585 g/mol. The summed E-state index contributed by atoms with van der Waals surface area (Å²) in [6.07, 6.45) is 11.3. The van der Waals surface area contributed by atoms with Gasteiger partial charge in [0.15, 0.2) is 20.5 Å². The molecule has 0 amide bonds. The van der Waals surface area contributed by atoms with Crippen molar-refractivity contribution >= 4 is 56.6 Å². The van der Waals surface area contributed by atoms with Crippen LogP contribution in [0.25, 0.3) is 33.4 Å². The van der Waals surface area contributed by atoms with Crippen LogP contribution < -0.4 is 25.3 Å². The summed E-state index contributed by atoms with van der Waals surface area (Å²) in [5.74, 6) is 0. The van der Waals surface area contributed by atoms with E-state index in [-0.39, 0.29) is 6.04 Å². The van der Waals surface area contributed by atoms with E-state index in [0.717, 1.165) is 0 Å². The van der Waals surface area contributed by atoms with Crippen molar-refractivity contribution in [3.05, 3.63) is 200 Å². The second-order valence-corrected chi connectivity index (χ2v) is 16.2. The molecule has 8 aromatic rings. The van der Waals surface area contributed by atoms with Crippen LogP contribution in [0.1, 0.15) is 17.2 Å². The zero-order valence-electron chi connectivity index (χ0n) is 25.9. The Morgan fingerprint density at radius 3 is 1.64 bits per heavy atom. The van der Waals surface area contributed by atoms with Crippen LogP contribution in [-0.2, 0) is 0 Å². The molecule has 9 rings (SSSR count). The van der Waals surface area contributed by atoms with Crippen molar-refractivity contribution < 1.29 is 4.57 Å². The molecule has 0 saturated carbocycles. The number of nitrogens with zero attached hydrogens (tertiary/aromatic N) is 2. The maximum absolute atomic E-state index is 2.70. The molecule has 0 radical (unpaired) electrons. The summed E-state index contributed by atoms with van der Waals surface area (Å²) in [6, 6.07) is 60.5. The van der Waals surface area contributed by atoms with Gasteiger partial charge < -0.3 is 4.57 Å². The molecule has 0 spiro atoms. The van der Waals surface area contributed by atoms with E-state index in [9.17, 15) is 0 Å². The van der Waals surface area contributed by atoms with Crippen molar-refractivity contribution in [2.75, 3.05) is 0 Å². The molecule has 0 fully saturated rings. The molecule has 1 aliphatic carbocycles. The lowest BCUT2D eigenvalue weighted by Crippen LogP contribution is -2.74. The van der Waals surface area contributed by atoms with Gasteiger partial charge in [-0.1, -0.05) is 133 Å². The van der Waals surface area contributed by atoms with Crippen molar-refractivity contribution in [1.29, 1.82) is 0 Å². The van der Waals surface area contributed by atoms with Crippen molar-refractivity contribution in [1.82, 2.24) is 4.57 Å². The molecule has 0 saturated heterocycles. The quantitative estimate of drug-likeness (QED) is 0.107. The van der Waals surface area contributed by atoms with Gasteiger partial charge in [-0.15, -0.1) is 0 Å². The Morgan fingerprint density at radius 2 is 1.04 bits per heavy atom. The molecule has 0 aliphatic heterocycles. The fraction of sp³-hybridized carbons (Fsp3) is 0.0227. The van der Waals surface area contributed by atoms with Crippen LogP contribution in [0.15, 0.2) is 188 Å². The topological polar surface area (TPSA) is 8.81 Å². The van der Waals surface area contributed by atoms with Gasteiger partial charge in [-0.25, -0.2) is 0 Å². The zero-order chi connectivity index (χ0) is 31.2. The summed E-state index contributed by atoms with van der Waals surface area (Å²) in [5.41, 5.74) is 5.09. The smallest absolute Gasteiger partial charge is 0.203 e. The Bertz CT molecular complexity index is 2280. The minimum Gasteiger partial charge on any atom is -0.316 e. The number of hydrogen-bond acceptors (Lipinski definition) is 0. The number of fused-ring (bicyclic) bond motifs is 6. The average Bonchev–Trinajstić information content (AvgIpc) is 3.80. The average molecular weight is 618 g/mol. The summed E-state index contributed by atoms with van der Waals surface area (Å²) < 4.78 is 4.70. The molecule has 47 heavy (non-hydrogen) atoms.